The lowest BCUT2D eigenvalue weighted by molar-refractivity contribution is -0.113. The first-order chi connectivity index (χ1) is 19.8. The van der Waals surface area contributed by atoms with Gasteiger partial charge in [-0.3, -0.25) is 4.79 Å². The number of fused-ring (bicyclic) bond motifs is 1. The average Bonchev–Trinajstić information content (AvgIpc) is 3.36. The van der Waals surface area contributed by atoms with Crippen LogP contribution in [0.3, 0.4) is 0 Å². The van der Waals surface area contributed by atoms with Crippen molar-refractivity contribution in [3.8, 4) is 11.5 Å². The third-order valence-electron chi connectivity index (χ3n) is 7.02. The van der Waals surface area contributed by atoms with Gasteiger partial charge in [0.2, 0.25) is 11.1 Å². The monoisotopic (exact) mass is 633 g/mol. The zero-order chi connectivity index (χ0) is 29.1. The second-order valence-electron chi connectivity index (χ2n) is 9.69. The number of hydrogen-bond acceptors (Lipinski definition) is 7. The number of nitrogens with one attached hydrogen (secondary N) is 2. The number of amides is 1. The van der Waals surface area contributed by atoms with E-state index in [4.69, 9.17) is 14.6 Å². The number of thioether (sulfide) groups is 1. The summed E-state index contributed by atoms with van der Waals surface area (Å²) >= 11 is 5.01. The molecule has 0 spiro atoms. The van der Waals surface area contributed by atoms with Gasteiger partial charge in [-0.1, -0.05) is 64.9 Å². The number of aryl methyl sites for hydroxylation is 1. The molecule has 5 rings (SSSR count). The van der Waals surface area contributed by atoms with Gasteiger partial charge in [0.15, 0.2) is 11.5 Å². The summed E-state index contributed by atoms with van der Waals surface area (Å²) in [7, 11) is 1.61. The Morgan fingerprint density at radius 3 is 2.61 bits per heavy atom. The fraction of sp³-hybridized carbons (Fsp3) is 0.258. The maximum Gasteiger partial charge on any atom is 0.255 e. The molecule has 1 aromatic heterocycles. The number of benzene rings is 3. The highest BCUT2D eigenvalue weighted by molar-refractivity contribution is 9.10. The Balaban J connectivity index is 1.52. The van der Waals surface area contributed by atoms with E-state index in [0.29, 0.717) is 40.5 Å². The number of methoxy groups -OCH3 is 1. The number of carbonyl (C=O) groups is 1. The van der Waals surface area contributed by atoms with Crippen molar-refractivity contribution in [1.29, 1.82) is 0 Å². The molecular weight excluding hydrogens is 602 g/mol. The van der Waals surface area contributed by atoms with Crippen LogP contribution in [0.25, 0.3) is 0 Å². The van der Waals surface area contributed by atoms with Crippen LogP contribution in [0.2, 0.25) is 0 Å². The van der Waals surface area contributed by atoms with Crippen LogP contribution in [-0.4, -0.2) is 33.5 Å². The zero-order valence-corrected chi connectivity index (χ0v) is 26.0. The first kappa shape index (κ1) is 28.8. The standard InChI is InChI=1S/C31H32BrN5O3S/c1-6-41-31-35-30-33-20(4)27(29(38)34-24-9-7-8-18(2)19(24)3)28(37(30)36-31)22-12-15-25(26(16-22)39-5)40-17-21-10-13-23(32)14-11-21/h7-16,28H,6,17H2,1-5H3,(H,34,38)(H,33,35,36). The van der Waals surface area contributed by atoms with Crippen molar-refractivity contribution in [2.45, 2.75) is 45.5 Å². The molecule has 212 valence electrons. The van der Waals surface area contributed by atoms with Crippen molar-refractivity contribution in [3.63, 3.8) is 0 Å². The normalized spacial score (nSPS) is 14.3. The summed E-state index contributed by atoms with van der Waals surface area (Å²) in [6, 6.07) is 19.1. The largest absolute Gasteiger partial charge is 0.493 e. The summed E-state index contributed by atoms with van der Waals surface area (Å²) in [5, 5.41) is 11.9. The molecule has 2 heterocycles. The molecule has 4 aromatic rings. The molecule has 0 fully saturated rings. The van der Waals surface area contributed by atoms with Crippen LogP contribution in [-0.2, 0) is 11.4 Å². The van der Waals surface area contributed by atoms with Gasteiger partial charge in [0, 0.05) is 15.9 Å². The molecule has 1 aliphatic rings. The van der Waals surface area contributed by atoms with Gasteiger partial charge in [0.1, 0.15) is 12.6 Å². The average molecular weight is 635 g/mol. The fourth-order valence-electron chi connectivity index (χ4n) is 4.72. The van der Waals surface area contributed by atoms with E-state index in [1.54, 1.807) is 23.6 Å². The molecule has 0 saturated heterocycles. The molecular formula is C31H32BrN5O3S. The van der Waals surface area contributed by atoms with Crippen LogP contribution in [0.4, 0.5) is 11.6 Å². The topological polar surface area (TPSA) is 90.3 Å². The zero-order valence-electron chi connectivity index (χ0n) is 23.6. The van der Waals surface area contributed by atoms with E-state index in [-0.39, 0.29) is 5.91 Å². The van der Waals surface area contributed by atoms with Crippen molar-refractivity contribution in [2.75, 3.05) is 23.5 Å². The van der Waals surface area contributed by atoms with Crippen LogP contribution >= 0.6 is 27.7 Å². The highest BCUT2D eigenvalue weighted by Crippen LogP contribution is 2.40. The van der Waals surface area contributed by atoms with E-state index in [1.807, 2.05) is 81.4 Å². The first-order valence-electron chi connectivity index (χ1n) is 13.3. The van der Waals surface area contributed by atoms with Crippen molar-refractivity contribution in [3.05, 3.63) is 98.7 Å². The summed E-state index contributed by atoms with van der Waals surface area (Å²) in [5.41, 5.74) is 6.02. The van der Waals surface area contributed by atoms with Gasteiger partial charge in [0.25, 0.3) is 5.91 Å². The maximum absolute atomic E-state index is 13.9. The van der Waals surface area contributed by atoms with Gasteiger partial charge >= 0.3 is 0 Å². The molecule has 1 aliphatic heterocycles. The molecule has 1 amide bonds. The van der Waals surface area contributed by atoms with Gasteiger partial charge in [0.05, 0.1) is 12.7 Å². The third-order valence-corrected chi connectivity index (χ3v) is 8.26. The Hall–Kier alpha value is -3.76. The second-order valence-corrected chi connectivity index (χ2v) is 11.8. The van der Waals surface area contributed by atoms with Crippen LogP contribution in [0.1, 0.15) is 42.1 Å². The number of hydrogen-bond donors (Lipinski definition) is 2. The minimum absolute atomic E-state index is 0.214. The lowest BCUT2D eigenvalue weighted by Gasteiger charge is -2.29. The van der Waals surface area contributed by atoms with Crippen molar-refractivity contribution < 1.29 is 14.3 Å². The number of aromatic nitrogens is 3. The number of ether oxygens (including phenoxy) is 2. The number of halogens is 1. The predicted octanol–water partition coefficient (Wildman–Crippen LogP) is 7.28. The smallest absolute Gasteiger partial charge is 0.255 e. The van der Waals surface area contributed by atoms with Crippen molar-refractivity contribution >= 4 is 45.2 Å². The highest BCUT2D eigenvalue weighted by atomic mass is 79.9. The molecule has 0 saturated carbocycles. The Kier molecular flexibility index (Phi) is 8.70. The maximum atomic E-state index is 13.9. The van der Waals surface area contributed by atoms with E-state index >= 15 is 0 Å². The Labute approximate surface area is 252 Å². The lowest BCUT2D eigenvalue weighted by Crippen LogP contribution is -2.31. The second kappa shape index (κ2) is 12.4. The highest BCUT2D eigenvalue weighted by Gasteiger charge is 2.35. The van der Waals surface area contributed by atoms with Gasteiger partial charge < -0.3 is 20.1 Å². The summed E-state index contributed by atoms with van der Waals surface area (Å²) < 4.78 is 14.7. The Bertz CT molecular complexity index is 1620. The molecule has 1 atom stereocenters. The summed E-state index contributed by atoms with van der Waals surface area (Å²) in [6.07, 6.45) is 0. The number of anilines is 2. The molecule has 0 radical (unpaired) electrons. The molecule has 10 heteroatoms. The third kappa shape index (κ3) is 6.13. The molecule has 0 aliphatic carbocycles. The number of carbonyl (C=O) groups excluding carboxylic acids is 1. The van der Waals surface area contributed by atoms with Gasteiger partial charge in [-0.2, -0.15) is 4.98 Å². The van der Waals surface area contributed by atoms with E-state index in [2.05, 4.69) is 38.5 Å². The predicted molar refractivity (Wildman–Crippen MR) is 167 cm³/mol. The SMILES string of the molecule is CCSc1nc2n(n1)C(c1ccc(OCc3ccc(Br)cc3)c(OC)c1)C(C(=O)Nc1cccc(C)c1C)=C(C)N2. The van der Waals surface area contributed by atoms with E-state index in [1.165, 1.54) is 0 Å². The van der Waals surface area contributed by atoms with Crippen LogP contribution in [0.5, 0.6) is 11.5 Å². The Morgan fingerprint density at radius 2 is 1.88 bits per heavy atom. The van der Waals surface area contributed by atoms with Gasteiger partial charge in [-0.05, 0) is 79.1 Å². The van der Waals surface area contributed by atoms with Crippen LogP contribution in [0.15, 0.2) is 81.6 Å². The molecule has 2 N–H and O–H groups in total. The molecule has 1 unspecified atom stereocenters. The number of rotatable bonds is 9. The van der Waals surface area contributed by atoms with Crippen LogP contribution < -0.4 is 20.1 Å². The minimum Gasteiger partial charge on any atom is -0.493 e. The van der Waals surface area contributed by atoms with Crippen LogP contribution in [0, 0.1) is 13.8 Å². The van der Waals surface area contributed by atoms with E-state index in [0.717, 1.165) is 38.2 Å². The van der Waals surface area contributed by atoms with Crippen molar-refractivity contribution in [2.24, 2.45) is 0 Å². The number of nitrogens with zero attached hydrogens (tertiary/aromatic N) is 3. The molecule has 3 aromatic carbocycles. The molecule has 41 heavy (non-hydrogen) atoms. The van der Waals surface area contributed by atoms with Crippen molar-refractivity contribution in [1.82, 2.24) is 14.8 Å². The van der Waals surface area contributed by atoms with E-state index < -0.39 is 6.04 Å². The lowest BCUT2D eigenvalue weighted by atomic mass is 9.94. The fourth-order valence-corrected chi connectivity index (χ4v) is 5.53. The van der Waals surface area contributed by atoms with Gasteiger partial charge in [-0.25, -0.2) is 4.68 Å². The molecule has 8 nitrogen and oxygen atoms in total. The van der Waals surface area contributed by atoms with E-state index in [9.17, 15) is 4.79 Å². The Morgan fingerprint density at radius 1 is 1.10 bits per heavy atom. The molecule has 0 bridgehead atoms. The van der Waals surface area contributed by atoms with Gasteiger partial charge in [-0.15, -0.1) is 5.10 Å². The minimum atomic E-state index is -0.538. The number of allylic oxidation sites excluding steroid dienone is 1. The quantitative estimate of drug-likeness (QED) is 0.187. The summed E-state index contributed by atoms with van der Waals surface area (Å²) in [6.45, 7) is 8.37. The first-order valence-corrected chi connectivity index (χ1v) is 15.1. The summed E-state index contributed by atoms with van der Waals surface area (Å²) in [4.78, 5) is 18.6. The summed E-state index contributed by atoms with van der Waals surface area (Å²) in [5.74, 6) is 2.38.